The first-order valence-corrected chi connectivity index (χ1v) is 12.1. The van der Waals surface area contributed by atoms with E-state index in [1.165, 1.54) is 17.0 Å². The number of pyridine rings is 2. The van der Waals surface area contributed by atoms with Gasteiger partial charge in [0.25, 0.3) is 5.56 Å². The summed E-state index contributed by atoms with van der Waals surface area (Å²) in [4.78, 5) is 46.7. The summed E-state index contributed by atoms with van der Waals surface area (Å²) in [5, 5.41) is 0. The van der Waals surface area contributed by atoms with E-state index < -0.39 is 42.2 Å². The third-order valence-electron chi connectivity index (χ3n) is 6.79. The minimum absolute atomic E-state index is 0.162. The molecule has 8 nitrogen and oxygen atoms in total. The molecule has 0 bridgehead atoms. The molecule has 1 N–H and O–H groups in total. The number of nitrogens with one attached hydrogen (secondary N) is 1. The second-order valence-corrected chi connectivity index (χ2v) is 9.36. The Labute approximate surface area is 217 Å². The van der Waals surface area contributed by atoms with Crippen molar-refractivity contribution in [1.82, 2.24) is 24.0 Å². The maximum Gasteiger partial charge on any atom is 0.406 e. The first-order chi connectivity index (χ1) is 18.5. The van der Waals surface area contributed by atoms with Gasteiger partial charge in [0.2, 0.25) is 5.91 Å². The molecule has 39 heavy (non-hydrogen) atoms. The summed E-state index contributed by atoms with van der Waals surface area (Å²) in [5.74, 6) is -2.99. The van der Waals surface area contributed by atoms with Gasteiger partial charge in [0.1, 0.15) is 6.54 Å². The number of carbonyl (C=O) groups is 1. The number of amides is 1. The number of hydrogen-bond acceptors (Lipinski definition) is 4. The smallest absolute Gasteiger partial charge is 0.342 e. The van der Waals surface area contributed by atoms with Gasteiger partial charge in [0.05, 0.1) is 11.9 Å². The molecule has 13 heteroatoms. The fraction of sp³-hybridized carbons (Fsp3) is 0.308. The van der Waals surface area contributed by atoms with Crippen molar-refractivity contribution in [3.8, 4) is 11.1 Å². The minimum Gasteiger partial charge on any atom is -0.342 e. The maximum atomic E-state index is 14.4. The molecule has 3 aromatic heterocycles. The number of imidazole rings is 1. The van der Waals surface area contributed by atoms with Crippen molar-refractivity contribution in [2.24, 2.45) is 0 Å². The molecule has 204 valence electrons. The third-order valence-corrected chi connectivity index (χ3v) is 6.79. The molecule has 0 atom stereocenters. The van der Waals surface area contributed by atoms with Gasteiger partial charge in [0, 0.05) is 48.2 Å². The summed E-state index contributed by atoms with van der Waals surface area (Å²) >= 11 is 0. The lowest BCUT2D eigenvalue weighted by molar-refractivity contribution is -0.141. The van der Waals surface area contributed by atoms with E-state index in [4.69, 9.17) is 0 Å². The highest BCUT2D eigenvalue weighted by Gasteiger charge is 2.30. The van der Waals surface area contributed by atoms with Crippen LogP contribution in [0, 0.1) is 11.6 Å². The van der Waals surface area contributed by atoms with Crippen molar-refractivity contribution in [1.29, 1.82) is 0 Å². The van der Waals surface area contributed by atoms with Crippen LogP contribution in [0.2, 0.25) is 0 Å². The van der Waals surface area contributed by atoms with E-state index >= 15 is 0 Å². The van der Waals surface area contributed by atoms with Gasteiger partial charge in [-0.3, -0.25) is 19.1 Å². The lowest BCUT2D eigenvalue weighted by atomic mass is 10.0. The van der Waals surface area contributed by atoms with E-state index in [0.717, 1.165) is 18.3 Å². The molecule has 1 aliphatic heterocycles. The van der Waals surface area contributed by atoms with Crippen LogP contribution in [0.25, 0.3) is 22.3 Å². The Hall–Kier alpha value is -4.29. The van der Waals surface area contributed by atoms with Gasteiger partial charge < -0.3 is 9.47 Å². The number of fused-ring (bicyclic) bond motifs is 1. The van der Waals surface area contributed by atoms with Crippen LogP contribution in [0.5, 0.6) is 0 Å². The number of halogens is 5. The van der Waals surface area contributed by atoms with Gasteiger partial charge in [-0.25, -0.2) is 18.6 Å². The molecule has 0 radical (unpaired) electrons. The summed E-state index contributed by atoms with van der Waals surface area (Å²) in [6.45, 7) is -1.16. The average Bonchev–Trinajstić information content (AvgIpc) is 3.23. The van der Waals surface area contributed by atoms with Gasteiger partial charge in [0.15, 0.2) is 17.3 Å². The molecule has 1 fully saturated rings. The second kappa shape index (κ2) is 10.1. The van der Waals surface area contributed by atoms with E-state index in [1.54, 1.807) is 22.9 Å². The van der Waals surface area contributed by atoms with Gasteiger partial charge in [-0.1, -0.05) is 12.1 Å². The van der Waals surface area contributed by atoms with Crippen LogP contribution in [-0.4, -0.2) is 49.2 Å². The fourth-order valence-corrected chi connectivity index (χ4v) is 4.98. The molecule has 0 spiro atoms. The number of carbonyl (C=O) groups excluding carboxylic acids is 1. The normalized spacial score (nSPS) is 14.7. The van der Waals surface area contributed by atoms with E-state index in [0.29, 0.717) is 28.6 Å². The molecule has 1 saturated heterocycles. The van der Waals surface area contributed by atoms with Gasteiger partial charge in [-0.15, -0.1) is 0 Å². The summed E-state index contributed by atoms with van der Waals surface area (Å²) < 4.78 is 69.7. The number of nitrogens with zero attached hydrogens (tertiary/aromatic N) is 4. The number of aromatic nitrogens is 4. The van der Waals surface area contributed by atoms with E-state index in [1.807, 2.05) is 0 Å². The predicted molar refractivity (Wildman–Crippen MR) is 131 cm³/mol. The highest BCUT2D eigenvalue weighted by molar-refractivity contribution is 5.79. The lowest BCUT2D eigenvalue weighted by Crippen LogP contribution is -2.42. The predicted octanol–water partition coefficient (Wildman–Crippen LogP) is 3.80. The Balaban J connectivity index is 1.38. The zero-order valence-electron chi connectivity index (χ0n) is 20.3. The number of aromatic amines is 1. The van der Waals surface area contributed by atoms with Crippen LogP contribution in [-0.2, 0) is 17.8 Å². The molecular formula is C26H22F5N5O3. The summed E-state index contributed by atoms with van der Waals surface area (Å²) in [7, 11) is 0. The fourth-order valence-electron chi connectivity index (χ4n) is 4.98. The van der Waals surface area contributed by atoms with Gasteiger partial charge in [-0.2, -0.15) is 13.2 Å². The van der Waals surface area contributed by atoms with Crippen LogP contribution < -0.4 is 11.2 Å². The van der Waals surface area contributed by atoms with Crippen molar-refractivity contribution in [3.05, 3.63) is 86.8 Å². The van der Waals surface area contributed by atoms with Crippen molar-refractivity contribution < 1.29 is 26.7 Å². The molecule has 1 aromatic carbocycles. The first kappa shape index (κ1) is 26.3. The van der Waals surface area contributed by atoms with Crippen molar-refractivity contribution in [3.63, 3.8) is 0 Å². The first-order valence-electron chi connectivity index (χ1n) is 12.1. The number of piperidine rings is 1. The van der Waals surface area contributed by atoms with Crippen LogP contribution >= 0.6 is 0 Å². The third kappa shape index (κ3) is 5.33. The summed E-state index contributed by atoms with van der Waals surface area (Å²) in [5.41, 5.74) is -1.05. The lowest BCUT2D eigenvalue weighted by Gasteiger charge is -2.32. The molecule has 5 rings (SSSR count). The molecule has 4 aromatic rings. The monoisotopic (exact) mass is 547 g/mol. The Morgan fingerprint density at radius 2 is 1.82 bits per heavy atom. The van der Waals surface area contributed by atoms with E-state index in [-0.39, 0.29) is 41.5 Å². The molecule has 0 aliphatic carbocycles. The topological polar surface area (TPSA) is 93.0 Å². The van der Waals surface area contributed by atoms with E-state index in [9.17, 15) is 36.3 Å². The number of alkyl halides is 3. The van der Waals surface area contributed by atoms with Crippen molar-refractivity contribution >= 4 is 17.1 Å². The number of likely N-dealkylation sites (tertiary alicyclic amines) is 1. The molecule has 0 unspecified atom stereocenters. The minimum atomic E-state index is -4.76. The van der Waals surface area contributed by atoms with Crippen molar-refractivity contribution in [2.75, 3.05) is 13.1 Å². The number of benzene rings is 1. The van der Waals surface area contributed by atoms with Gasteiger partial charge in [-0.05, 0) is 37.1 Å². The second-order valence-electron chi connectivity index (χ2n) is 9.36. The van der Waals surface area contributed by atoms with Crippen LogP contribution in [0.3, 0.4) is 0 Å². The van der Waals surface area contributed by atoms with Gasteiger partial charge >= 0.3 is 11.9 Å². The molecule has 4 heterocycles. The van der Waals surface area contributed by atoms with Crippen LogP contribution in [0.4, 0.5) is 22.0 Å². The highest BCUT2D eigenvalue weighted by Crippen LogP contribution is 2.27. The number of H-pyrrole nitrogens is 1. The highest BCUT2D eigenvalue weighted by atomic mass is 19.4. The zero-order chi connectivity index (χ0) is 27.9. The summed E-state index contributed by atoms with van der Waals surface area (Å²) in [6, 6.07) is 7.61. The SMILES string of the molecule is O=C(Cc1cc(-c2cccc(F)c2F)cn(CC(F)(F)F)c1=O)N1CCC(n2c(=O)[nH]c3ncccc32)CC1. The number of hydrogen-bond donors (Lipinski definition) is 1. The standard InChI is InChI=1S/C26H22F5N5O3/c27-19-4-1-3-18(22(19)28)16-11-15(24(38)35(13-16)14-26(29,30)31)12-21(37)34-9-6-17(7-10-34)36-20-5-2-8-32-23(20)33-25(36)39/h1-5,8,11,13,17H,6-7,9-10,12,14H2,(H,32,33,39). The Morgan fingerprint density at radius 3 is 2.54 bits per heavy atom. The van der Waals surface area contributed by atoms with Crippen LogP contribution in [0.15, 0.2) is 58.4 Å². The van der Waals surface area contributed by atoms with Crippen molar-refractivity contribution in [2.45, 2.75) is 38.0 Å². The number of rotatable bonds is 5. The summed E-state index contributed by atoms with van der Waals surface area (Å²) in [6.07, 6.45) is -2.06. The Bertz CT molecular complexity index is 1670. The van der Waals surface area contributed by atoms with E-state index in [2.05, 4.69) is 9.97 Å². The molecule has 0 saturated carbocycles. The largest absolute Gasteiger partial charge is 0.406 e. The molecular weight excluding hydrogens is 525 g/mol. The quantitative estimate of drug-likeness (QED) is 0.385. The maximum absolute atomic E-state index is 14.4. The molecule has 1 amide bonds. The van der Waals surface area contributed by atoms with Crippen LogP contribution in [0.1, 0.15) is 24.4 Å². The average molecular weight is 547 g/mol. The zero-order valence-corrected chi connectivity index (χ0v) is 20.3. The molecule has 1 aliphatic rings. The Morgan fingerprint density at radius 1 is 1.08 bits per heavy atom. The Kier molecular flexibility index (Phi) is 6.83.